The van der Waals surface area contributed by atoms with Gasteiger partial charge in [-0.05, 0) is 43.9 Å². The summed E-state index contributed by atoms with van der Waals surface area (Å²) in [5.74, 6) is 0.373. The van der Waals surface area contributed by atoms with Gasteiger partial charge in [0, 0.05) is 11.5 Å². The highest BCUT2D eigenvalue weighted by Crippen LogP contribution is 2.35. The van der Waals surface area contributed by atoms with Crippen molar-refractivity contribution < 1.29 is 13.2 Å². The molecule has 7 heteroatoms. The first-order valence-electron chi connectivity index (χ1n) is 9.54. The number of amides is 1. The smallest absolute Gasteiger partial charge is 0.228 e. The minimum atomic E-state index is -3.19. The second-order valence-corrected chi connectivity index (χ2v) is 9.83. The molecule has 2 aliphatic rings. The highest BCUT2D eigenvalue weighted by molar-refractivity contribution is 7.90. The molecule has 1 aromatic heterocycles. The van der Waals surface area contributed by atoms with Gasteiger partial charge in [0.05, 0.1) is 22.9 Å². The molecule has 1 fully saturated rings. The highest BCUT2D eigenvalue weighted by atomic mass is 32.2. The molecule has 4 rings (SSSR count). The lowest BCUT2D eigenvalue weighted by Gasteiger charge is -2.21. The third-order valence-corrected chi connectivity index (χ3v) is 7.25. The Hall–Kier alpha value is -2.15. The average Bonchev–Trinajstić information content (AvgIpc) is 3.11. The first-order chi connectivity index (χ1) is 12.9. The van der Waals surface area contributed by atoms with Crippen LogP contribution < -0.4 is 5.32 Å². The SMILES string of the molecule is Cc1cccc(-n2nc3c(c2NC(=O)C2CCCCC2)CS(=O)(=O)C3)c1C. The first kappa shape index (κ1) is 18.2. The van der Waals surface area contributed by atoms with E-state index in [-0.39, 0.29) is 23.3 Å². The van der Waals surface area contributed by atoms with Gasteiger partial charge in [-0.15, -0.1) is 0 Å². The average molecular weight is 388 g/mol. The maximum atomic E-state index is 12.9. The Morgan fingerprint density at radius 3 is 2.63 bits per heavy atom. The number of nitrogens with one attached hydrogen (secondary N) is 1. The molecule has 144 valence electrons. The van der Waals surface area contributed by atoms with Crippen LogP contribution in [0.4, 0.5) is 5.82 Å². The van der Waals surface area contributed by atoms with Gasteiger partial charge >= 0.3 is 0 Å². The Labute approximate surface area is 159 Å². The van der Waals surface area contributed by atoms with Crippen LogP contribution in [0.5, 0.6) is 0 Å². The van der Waals surface area contributed by atoms with Gasteiger partial charge in [0.15, 0.2) is 9.84 Å². The van der Waals surface area contributed by atoms with Gasteiger partial charge in [0.1, 0.15) is 5.82 Å². The molecule has 2 aromatic rings. The molecule has 0 saturated heterocycles. The number of benzene rings is 1. The number of hydrogen-bond donors (Lipinski definition) is 1. The van der Waals surface area contributed by atoms with Crippen molar-refractivity contribution in [2.75, 3.05) is 5.32 Å². The van der Waals surface area contributed by atoms with Crippen LogP contribution >= 0.6 is 0 Å². The summed E-state index contributed by atoms with van der Waals surface area (Å²) in [6, 6.07) is 5.93. The van der Waals surface area contributed by atoms with E-state index in [4.69, 9.17) is 0 Å². The fourth-order valence-corrected chi connectivity index (χ4v) is 5.59. The number of aromatic nitrogens is 2. The third kappa shape index (κ3) is 3.40. The number of carbonyl (C=O) groups is 1. The summed E-state index contributed by atoms with van der Waals surface area (Å²) in [6.07, 6.45) is 5.10. The van der Waals surface area contributed by atoms with Gasteiger partial charge in [-0.3, -0.25) is 4.79 Å². The second-order valence-electron chi connectivity index (χ2n) is 7.76. The number of sulfone groups is 1. The van der Waals surface area contributed by atoms with Crippen molar-refractivity contribution in [3.05, 3.63) is 40.6 Å². The largest absolute Gasteiger partial charge is 0.310 e. The van der Waals surface area contributed by atoms with Crippen LogP contribution in [0.2, 0.25) is 0 Å². The van der Waals surface area contributed by atoms with E-state index in [1.807, 2.05) is 32.0 Å². The number of anilines is 1. The van der Waals surface area contributed by atoms with Gasteiger partial charge < -0.3 is 5.32 Å². The Morgan fingerprint density at radius 2 is 1.89 bits per heavy atom. The van der Waals surface area contributed by atoms with E-state index in [2.05, 4.69) is 10.4 Å². The Balaban J connectivity index is 1.76. The molecular formula is C20H25N3O3S. The lowest BCUT2D eigenvalue weighted by atomic mass is 9.88. The zero-order valence-corrected chi connectivity index (χ0v) is 16.6. The molecule has 6 nitrogen and oxygen atoms in total. The predicted octanol–water partition coefficient (Wildman–Crippen LogP) is 3.44. The molecule has 0 unspecified atom stereocenters. The van der Waals surface area contributed by atoms with E-state index < -0.39 is 9.84 Å². The van der Waals surface area contributed by atoms with E-state index in [0.717, 1.165) is 42.5 Å². The van der Waals surface area contributed by atoms with Gasteiger partial charge in [-0.25, -0.2) is 13.1 Å². The standard InChI is InChI=1S/C20H25N3O3S/c1-13-7-6-10-18(14(13)2)23-19(16-11-27(25,26)12-17(16)22-23)21-20(24)15-8-4-3-5-9-15/h6-7,10,15H,3-5,8-9,11-12H2,1-2H3,(H,21,24). The molecule has 1 aliphatic carbocycles. The van der Waals surface area contributed by atoms with Crippen molar-refractivity contribution >= 4 is 21.6 Å². The summed E-state index contributed by atoms with van der Waals surface area (Å²) in [6.45, 7) is 4.04. The molecule has 0 atom stereocenters. The minimum Gasteiger partial charge on any atom is -0.310 e. The van der Waals surface area contributed by atoms with Crippen molar-refractivity contribution in [1.29, 1.82) is 0 Å². The van der Waals surface area contributed by atoms with E-state index in [1.54, 1.807) is 4.68 Å². The van der Waals surface area contributed by atoms with Crippen molar-refractivity contribution in [3.63, 3.8) is 0 Å². The molecule has 1 amide bonds. The van der Waals surface area contributed by atoms with E-state index in [9.17, 15) is 13.2 Å². The monoisotopic (exact) mass is 387 g/mol. The lowest BCUT2D eigenvalue weighted by Crippen LogP contribution is -2.26. The number of carbonyl (C=O) groups excluding carboxylic acids is 1. The van der Waals surface area contributed by atoms with Crippen LogP contribution in [0.25, 0.3) is 5.69 Å². The number of nitrogens with zero attached hydrogens (tertiary/aromatic N) is 2. The number of fused-ring (bicyclic) bond motifs is 1. The number of hydrogen-bond acceptors (Lipinski definition) is 4. The Kier molecular flexibility index (Phi) is 4.58. The topological polar surface area (TPSA) is 81.1 Å². The molecule has 0 bridgehead atoms. The first-order valence-corrected chi connectivity index (χ1v) is 11.4. The highest BCUT2D eigenvalue weighted by Gasteiger charge is 2.34. The quantitative estimate of drug-likeness (QED) is 0.875. The summed E-state index contributed by atoms with van der Waals surface area (Å²) in [4.78, 5) is 12.9. The molecular weight excluding hydrogens is 362 g/mol. The fourth-order valence-electron chi connectivity index (χ4n) is 4.09. The summed E-state index contributed by atoms with van der Waals surface area (Å²) < 4.78 is 25.9. The molecule has 1 N–H and O–H groups in total. The van der Waals surface area contributed by atoms with E-state index >= 15 is 0 Å². The molecule has 1 saturated carbocycles. The molecule has 1 aliphatic heterocycles. The third-order valence-electron chi connectivity index (χ3n) is 5.81. The Bertz CT molecular complexity index is 1000. The maximum absolute atomic E-state index is 12.9. The number of aryl methyl sites for hydroxylation is 1. The van der Waals surface area contributed by atoms with Gasteiger partial charge in [0.25, 0.3) is 0 Å². The molecule has 0 radical (unpaired) electrons. The minimum absolute atomic E-state index is 0.00522. The van der Waals surface area contributed by atoms with Crippen LogP contribution in [-0.4, -0.2) is 24.1 Å². The fraction of sp³-hybridized carbons (Fsp3) is 0.500. The zero-order chi connectivity index (χ0) is 19.2. The normalized spacial score (nSPS) is 19.0. The molecule has 27 heavy (non-hydrogen) atoms. The van der Waals surface area contributed by atoms with Crippen molar-refractivity contribution in [2.45, 2.75) is 57.5 Å². The van der Waals surface area contributed by atoms with Crippen molar-refractivity contribution in [2.24, 2.45) is 5.92 Å². The van der Waals surface area contributed by atoms with Crippen LogP contribution in [0, 0.1) is 19.8 Å². The van der Waals surface area contributed by atoms with E-state index in [1.165, 1.54) is 6.42 Å². The lowest BCUT2D eigenvalue weighted by molar-refractivity contribution is -0.120. The summed E-state index contributed by atoms with van der Waals surface area (Å²) in [5, 5.41) is 7.62. The van der Waals surface area contributed by atoms with Gasteiger partial charge in [-0.2, -0.15) is 5.10 Å². The van der Waals surface area contributed by atoms with Gasteiger partial charge in [0.2, 0.25) is 5.91 Å². The summed E-state index contributed by atoms with van der Waals surface area (Å²) in [5.41, 5.74) is 4.26. The Morgan fingerprint density at radius 1 is 1.15 bits per heavy atom. The molecule has 0 spiro atoms. The summed E-state index contributed by atoms with van der Waals surface area (Å²) >= 11 is 0. The summed E-state index contributed by atoms with van der Waals surface area (Å²) in [7, 11) is -3.19. The van der Waals surface area contributed by atoms with E-state index in [0.29, 0.717) is 17.1 Å². The second kappa shape index (κ2) is 6.78. The van der Waals surface area contributed by atoms with Crippen molar-refractivity contribution in [3.8, 4) is 5.69 Å². The number of rotatable bonds is 3. The zero-order valence-electron chi connectivity index (χ0n) is 15.8. The molecule has 1 aromatic carbocycles. The molecule has 2 heterocycles. The van der Waals surface area contributed by atoms with Crippen LogP contribution in [0.1, 0.15) is 54.5 Å². The predicted molar refractivity (Wildman–Crippen MR) is 105 cm³/mol. The maximum Gasteiger partial charge on any atom is 0.228 e. The van der Waals surface area contributed by atoms with Crippen LogP contribution in [-0.2, 0) is 26.1 Å². The van der Waals surface area contributed by atoms with Crippen LogP contribution in [0.3, 0.4) is 0 Å². The van der Waals surface area contributed by atoms with Crippen molar-refractivity contribution in [1.82, 2.24) is 9.78 Å². The van der Waals surface area contributed by atoms with Gasteiger partial charge in [-0.1, -0.05) is 31.4 Å². The van der Waals surface area contributed by atoms with Crippen LogP contribution in [0.15, 0.2) is 18.2 Å².